The van der Waals surface area contributed by atoms with Gasteiger partial charge in [0, 0.05) is 0 Å². The zero-order chi connectivity index (χ0) is 15.6. The zero-order valence-corrected chi connectivity index (χ0v) is 14.9. The third-order valence-electron chi connectivity index (χ3n) is 4.14. The molecule has 2 unspecified atom stereocenters. The summed E-state index contributed by atoms with van der Waals surface area (Å²) in [7, 11) is 0.215. The molecule has 1 fully saturated rings. The van der Waals surface area contributed by atoms with Crippen molar-refractivity contribution < 1.29 is 9.53 Å². The Morgan fingerprint density at radius 3 is 2.33 bits per heavy atom. The molecule has 2 rings (SSSR count). The molecule has 1 aliphatic carbocycles. The first kappa shape index (κ1) is 16.3. The number of carbonyl (C=O) groups is 1. The van der Waals surface area contributed by atoms with Crippen molar-refractivity contribution in [1.82, 2.24) is 0 Å². The lowest BCUT2D eigenvalue weighted by Gasteiger charge is -2.35. The summed E-state index contributed by atoms with van der Waals surface area (Å²) in [5.74, 6) is 0.940. The monoisotopic (exact) mass is 322 g/mol. The summed E-state index contributed by atoms with van der Waals surface area (Å²) in [6.45, 7) is 6.96. The van der Waals surface area contributed by atoms with E-state index in [2.05, 4.69) is 19.6 Å². The molecule has 0 radical (unpaired) electrons. The van der Waals surface area contributed by atoms with E-state index in [1.54, 1.807) is 7.11 Å². The van der Waals surface area contributed by atoms with Crippen molar-refractivity contribution in [2.45, 2.75) is 43.4 Å². The van der Waals surface area contributed by atoms with Crippen LogP contribution in [0.25, 0.3) is 6.08 Å². The number of carbonyl (C=O) groups excluding carboxylic acids is 1. The molecule has 0 spiro atoms. The van der Waals surface area contributed by atoms with E-state index in [1.165, 1.54) is 0 Å². The Balaban J connectivity index is 2.38. The van der Waals surface area contributed by atoms with Crippen LogP contribution in [0.3, 0.4) is 0 Å². The van der Waals surface area contributed by atoms with Crippen LogP contribution in [0.2, 0.25) is 25.2 Å². The molecule has 0 aliphatic heterocycles. The average Bonchev–Trinajstić information content (AvgIpc) is 2.43. The molecule has 114 valence electrons. The fourth-order valence-electron chi connectivity index (χ4n) is 2.90. The van der Waals surface area contributed by atoms with Crippen molar-refractivity contribution in [2.24, 2.45) is 0 Å². The highest BCUT2D eigenvalue weighted by Gasteiger charge is 2.39. The lowest BCUT2D eigenvalue weighted by Crippen LogP contribution is -2.37. The first-order valence-corrected chi connectivity index (χ1v) is 11.4. The van der Waals surface area contributed by atoms with Crippen LogP contribution in [-0.4, -0.2) is 26.3 Å². The van der Waals surface area contributed by atoms with Gasteiger partial charge in [-0.1, -0.05) is 31.8 Å². The topological polar surface area (TPSA) is 26.3 Å². The fraction of sp³-hybridized carbons (Fsp3) is 0.471. The van der Waals surface area contributed by atoms with E-state index in [4.69, 9.17) is 16.3 Å². The number of methoxy groups -OCH3 is 1. The second kappa shape index (κ2) is 6.37. The molecule has 2 atom stereocenters. The predicted octanol–water partition coefficient (Wildman–Crippen LogP) is 4.76. The van der Waals surface area contributed by atoms with E-state index in [1.807, 2.05) is 30.3 Å². The minimum atomic E-state index is -1.43. The number of ether oxygens (including phenoxy) is 1. The van der Waals surface area contributed by atoms with Gasteiger partial charge in [-0.3, -0.25) is 4.79 Å². The number of ketones is 1. The van der Waals surface area contributed by atoms with Crippen LogP contribution in [0.15, 0.2) is 29.8 Å². The second-order valence-corrected chi connectivity index (χ2v) is 12.7. The number of halogens is 1. The van der Waals surface area contributed by atoms with Crippen LogP contribution >= 0.6 is 11.6 Å². The average molecular weight is 323 g/mol. The molecular formula is C17H23ClO2Si. The maximum Gasteiger partial charge on any atom is 0.176 e. The van der Waals surface area contributed by atoms with Gasteiger partial charge in [0.15, 0.2) is 5.78 Å². The first-order valence-electron chi connectivity index (χ1n) is 7.37. The van der Waals surface area contributed by atoms with Crippen molar-refractivity contribution in [1.29, 1.82) is 0 Å². The highest BCUT2D eigenvalue weighted by molar-refractivity contribution is 6.78. The fourth-order valence-corrected chi connectivity index (χ4v) is 5.35. The molecule has 0 heterocycles. The van der Waals surface area contributed by atoms with Crippen molar-refractivity contribution in [3.8, 4) is 5.75 Å². The maximum atomic E-state index is 12.5. The Morgan fingerprint density at radius 1 is 1.19 bits per heavy atom. The van der Waals surface area contributed by atoms with Crippen LogP contribution in [0, 0.1) is 0 Å². The van der Waals surface area contributed by atoms with Crippen LogP contribution in [0.4, 0.5) is 0 Å². The van der Waals surface area contributed by atoms with Crippen molar-refractivity contribution in [3.05, 3.63) is 35.4 Å². The summed E-state index contributed by atoms with van der Waals surface area (Å²) in [6.07, 6.45) is 3.85. The first-order chi connectivity index (χ1) is 9.82. The van der Waals surface area contributed by atoms with E-state index < -0.39 is 8.07 Å². The van der Waals surface area contributed by atoms with Crippen LogP contribution in [0.1, 0.15) is 18.4 Å². The summed E-state index contributed by atoms with van der Waals surface area (Å²) in [6, 6.07) is 7.80. The molecule has 0 amide bonds. The van der Waals surface area contributed by atoms with Gasteiger partial charge >= 0.3 is 0 Å². The number of Topliss-reactive ketones (excluding diaryl/α,β-unsaturated/α-hetero) is 1. The van der Waals surface area contributed by atoms with E-state index in [0.29, 0.717) is 5.54 Å². The van der Waals surface area contributed by atoms with Crippen LogP contribution < -0.4 is 4.74 Å². The molecule has 1 saturated carbocycles. The van der Waals surface area contributed by atoms with Crippen LogP contribution in [-0.2, 0) is 4.79 Å². The standard InChI is InChI=1S/C17H23ClO2Si/c1-20-13-7-5-12(6-8-13)11-14-16(21(2,3)4)10-9-15(18)17(14)19/h5-8,11,15-16H,9-10H2,1-4H3. The molecule has 4 heteroatoms. The lowest BCUT2D eigenvalue weighted by molar-refractivity contribution is -0.116. The summed E-state index contributed by atoms with van der Waals surface area (Å²) < 4.78 is 5.17. The van der Waals surface area contributed by atoms with Gasteiger partial charge in [0.05, 0.1) is 20.6 Å². The maximum absolute atomic E-state index is 12.5. The smallest absolute Gasteiger partial charge is 0.176 e. The Hall–Kier alpha value is -1.06. The Bertz CT molecular complexity index is 543. The van der Waals surface area contributed by atoms with Crippen molar-refractivity contribution in [3.63, 3.8) is 0 Å². The number of hydrogen-bond donors (Lipinski definition) is 0. The van der Waals surface area contributed by atoms with Crippen LogP contribution in [0.5, 0.6) is 5.75 Å². The number of hydrogen-bond acceptors (Lipinski definition) is 2. The van der Waals surface area contributed by atoms with Crippen molar-refractivity contribution >= 4 is 31.5 Å². The van der Waals surface area contributed by atoms with Gasteiger partial charge in [0.25, 0.3) is 0 Å². The summed E-state index contributed by atoms with van der Waals surface area (Å²) in [5.41, 5.74) is 2.35. The van der Waals surface area contributed by atoms with E-state index in [-0.39, 0.29) is 11.2 Å². The highest BCUT2D eigenvalue weighted by Crippen LogP contribution is 2.41. The highest BCUT2D eigenvalue weighted by atomic mass is 35.5. The van der Waals surface area contributed by atoms with E-state index in [9.17, 15) is 4.79 Å². The number of benzene rings is 1. The van der Waals surface area contributed by atoms with Gasteiger partial charge in [-0.15, -0.1) is 11.6 Å². The number of alkyl halides is 1. The summed E-state index contributed by atoms with van der Waals surface area (Å²) >= 11 is 6.20. The summed E-state index contributed by atoms with van der Waals surface area (Å²) in [5, 5.41) is -0.359. The third kappa shape index (κ3) is 3.77. The lowest BCUT2D eigenvalue weighted by atomic mass is 9.91. The normalized spacial score (nSPS) is 25.2. The van der Waals surface area contributed by atoms with Gasteiger partial charge in [-0.05, 0) is 47.7 Å². The van der Waals surface area contributed by atoms with Crippen molar-refractivity contribution in [2.75, 3.05) is 7.11 Å². The zero-order valence-electron chi connectivity index (χ0n) is 13.2. The molecule has 21 heavy (non-hydrogen) atoms. The largest absolute Gasteiger partial charge is 0.497 e. The van der Waals surface area contributed by atoms with Gasteiger partial charge < -0.3 is 4.74 Å². The predicted molar refractivity (Wildman–Crippen MR) is 91.9 cm³/mol. The molecule has 0 saturated heterocycles. The minimum Gasteiger partial charge on any atom is -0.497 e. The molecule has 2 nitrogen and oxygen atoms in total. The molecule has 0 bridgehead atoms. The van der Waals surface area contributed by atoms with Gasteiger partial charge in [-0.25, -0.2) is 0 Å². The summed E-state index contributed by atoms with van der Waals surface area (Å²) in [4.78, 5) is 12.5. The number of allylic oxidation sites excluding steroid dienone is 1. The molecule has 1 aliphatic rings. The van der Waals surface area contributed by atoms with E-state index >= 15 is 0 Å². The molecule has 1 aromatic carbocycles. The Kier molecular flexibility index (Phi) is 4.94. The Morgan fingerprint density at radius 2 is 1.81 bits per heavy atom. The molecule has 0 aromatic heterocycles. The van der Waals surface area contributed by atoms with Gasteiger partial charge in [-0.2, -0.15) is 0 Å². The molecule has 1 aromatic rings. The number of rotatable bonds is 3. The van der Waals surface area contributed by atoms with Gasteiger partial charge in [0.1, 0.15) is 5.75 Å². The quantitative estimate of drug-likeness (QED) is 0.455. The Labute approximate surface area is 133 Å². The SMILES string of the molecule is COc1ccc(C=C2C(=O)C(Cl)CCC2[Si](C)(C)C)cc1. The minimum absolute atomic E-state index is 0.117. The van der Waals surface area contributed by atoms with E-state index in [0.717, 1.165) is 29.7 Å². The second-order valence-electron chi connectivity index (χ2n) is 6.70. The third-order valence-corrected chi connectivity index (χ3v) is 7.24. The molecular weight excluding hydrogens is 300 g/mol. The molecule has 0 N–H and O–H groups in total. The van der Waals surface area contributed by atoms with Gasteiger partial charge in [0.2, 0.25) is 0 Å².